The Kier molecular flexibility index (Phi) is 6.13. The van der Waals surface area contributed by atoms with Crippen LogP contribution in [0.25, 0.3) is 17.0 Å². The summed E-state index contributed by atoms with van der Waals surface area (Å²) in [4.78, 5) is 23.6. The normalized spacial score (nSPS) is 18.5. The number of aromatic nitrogens is 6. The van der Waals surface area contributed by atoms with Crippen LogP contribution in [0.15, 0.2) is 36.7 Å². The van der Waals surface area contributed by atoms with E-state index < -0.39 is 0 Å². The van der Waals surface area contributed by atoms with E-state index in [2.05, 4.69) is 58.0 Å². The summed E-state index contributed by atoms with van der Waals surface area (Å²) in [6, 6.07) is 8.80. The second-order valence-electron chi connectivity index (χ2n) is 10.4. The minimum atomic E-state index is 0.552. The molecule has 0 N–H and O–H groups in total. The van der Waals surface area contributed by atoms with Crippen molar-refractivity contribution in [2.24, 2.45) is 5.92 Å². The molecule has 3 aromatic heterocycles. The summed E-state index contributed by atoms with van der Waals surface area (Å²) < 4.78 is 1.88. The summed E-state index contributed by atoms with van der Waals surface area (Å²) in [7, 11) is 0. The van der Waals surface area contributed by atoms with Gasteiger partial charge in [0, 0.05) is 36.6 Å². The number of nitrogens with zero attached hydrogens (tertiary/aromatic N) is 8. The molecule has 36 heavy (non-hydrogen) atoms. The largest absolute Gasteiger partial charge is 0.355 e. The number of fused-ring (bicyclic) bond motifs is 1. The lowest BCUT2D eigenvalue weighted by Gasteiger charge is -2.18. The van der Waals surface area contributed by atoms with Crippen molar-refractivity contribution in [3.63, 3.8) is 0 Å². The van der Waals surface area contributed by atoms with Crippen molar-refractivity contribution in [3.05, 3.63) is 65.0 Å². The molecule has 1 aromatic carbocycles. The van der Waals surface area contributed by atoms with Gasteiger partial charge in [-0.15, -0.1) is 0 Å². The lowest BCUT2D eigenvalue weighted by atomic mass is 9.96. The molecule has 8 heteroatoms. The number of anilines is 1. The van der Waals surface area contributed by atoms with Crippen molar-refractivity contribution in [1.29, 1.82) is 0 Å². The minimum absolute atomic E-state index is 0.552. The third kappa shape index (κ3) is 4.57. The van der Waals surface area contributed by atoms with Crippen LogP contribution < -0.4 is 4.90 Å². The number of benzene rings is 1. The zero-order valence-electron chi connectivity index (χ0n) is 21.5. The van der Waals surface area contributed by atoms with Crippen LogP contribution in [0.3, 0.4) is 0 Å². The second-order valence-corrected chi connectivity index (χ2v) is 10.4. The molecule has 1 atom stereocenters. The van der Waals surface area contributed by atoms with Crippen LogP contribution in [-0.2, 0) is 13.0 Å². The molecule has 5 heterocycles. The second kappa shape index (κ2) is 9.58. The third-order valence-corrected chi connectivity index (χ3v) is 7.75. The lowest BCUT2D eigenvalue weighted by Crippen LogP contribution is -2.22. The number of likely N-dealkylation sites (tertiary alicyclic amines) is 1. The highest BCUT2D eigenvalue weighted by atomic mass is 15.3. The van der Waals surface area contributed by atoms with Crippen LogP contribution in [0.2, 0.25) is 0 Å². The van der Waals surface area contributed by atoms with Crippen molar-refractivity contribution >= 4 is 11.6 Å². The van der Waals surface area contributed by atoms with Gasteiger partial charge in [0.2, 0.25) is 0 Å². The van der Waals surface area contributed by atoms with Crippen LogP contribution in [0.4, 0.5) is 5.82 Å². The highest BCUT2D eigenvalue weighted by molar-refractivity contribution is 5.59. The fourth-order valence-electron chi connectivity index (χ4n) is 5.71. The van der Waals surface area contributed by atoms with E-state index in [9.17, 15) is 0 Å². The van der Waals surface area contributed by atoms with Crippen LogP contribution in [0.1, 0.15) is 47.6 Å². The van der Waals surface area contributed by atoms with E-state index in [0.29, 0.717) is 11.7 Å². The highest BCUT2D eigenvalue weighted by Gasteiger charge is 2.26. The number of rotatable bonds is 6. The summed E-state index contributed by atoms with van der Waals surface area (Å²) >= 11 is 0. The quantitative estimate of drug-likeness (QED) is 0.408. The maximum atomic E-state index is 4.78. The molecule has 4 aromatic rings. The SMILES string of the molecule is Cc1nc2nc(C)c(CC3CCN(c4cnc(-c5ccc(CN6CCCC6)cc5)cn4)C3)c(C)n2n1. The first-order chi connectivity index (χ1) is 17.5. The summed E-state index contributed by atoms with van der Waals surface area (Å²) in [5, 5.41) is 4.52. The Morgan fingerprint density at radius 2 is 1.72 bits per heavy atom. The van der Waals surface area contributed by atoms with E-state index >= 15 is 0 Å². The van der Waals surface area contributed by atoms with Crippen molar-refractivity contribution < 1.29 is 0 Å². The molecule has 8 nitrogen and oxygen atoms in total. The Hall–Kier alpha value is -3.39. The fourth-order valence-corrected chi connectivity index (χ4v) is 5.71. The van der Waals surface area contributed by atoms with Crippen molar-refractivity contribution in [2.75, 3.05) is 31.1 Å². The van der Waals surface area contributed by atoms with Gasteiger partial charge in [0.15, 0.2) is 0 Å². The Balaban J connectivity index is 1.10. The zero-order chi connectivity index (χ0) is 24.6. The molecule has 0 aliphatic carbocycles. The van der Waals surface area contributed by atoms with Gasteiger partial charge in [-0.3, -0.25) is 9.88 Å². The monoisotopic (exact) mass is 482 g/mol. The summed E-state index contributed by atoms with van der Waals surface area (Å²) in [6.07, 6.45) is 8.62. The van der Waals surface area contributed by atoms with Gasteiger partial charge < -0.3 is 4.90 Å². The maximum Gasteiger partial charge on any atom is 0.252 e. The average molecular weight is 483 g/mol. The molecular weight excluding hydrogens is 448 g/mol. The first-order valence-corrected chi connectivity index (χ1v) is 13.1. The molecule has 2 saturated heterocycles. The molecule has 186 valence electrons. The van der Waals surface area contributed by atoms with E-state index in [1.807, 2.05) is 23.8 Å². The zero-order valence-corrected chi connectivity index (χ0v) is 21.5. The van der Waals surface area contributed by atoms with E-state index in [4.69, 9.17) is 15.0 Å². The van der Waals surface area contributed by atoms with Gasteiger partial charge in [0.1, 0.15) is 11.6 Å². The number of hydrogen-bond donors (Lipinski definition) is 0. The highest BCUT2D eigenvalue weighted by Crippen LogP contribution is 2.28. The predicted octanol–water partition coefficient (Wildman–Crippen LogP) is 4.17. The maximum absolute atomic E-state index is 4.78. The first kappa shape index (κ1) is 23.0. The number of hydrogen-bond acceptors (Lipinski definition) is 7. The Morgan fingerprint density at radius 3 is 2.47 bits per heavy atom. The Bertz CT molecular complexity index is 1350. The standard InChI is InChI=1S/C28H34N8/c1-19-25(20(2)36-28(31-19)32-21(3)33-36)14-23-10-13-35(18-23)27-16-29-26(15-30-27)24-8-6-22(7-9-24)17-34-11-4-5-12-34/h6-9,15-16,23H,4-5,10-14,17-18H2,1-3H3. The lowest BCUT2D eigenvalue weighted by molar-refractivity contribution is 0.331. The average Bonchev–Trinajstić information content (AvgIpc) is 3.64. The smallest absolute Gasteiger partial charge is 0.252 e. The summed E-state index contributed by atoms with van der Waals surface area (Å²) in [6.45, 7) is 11.6. The molecule has 2 aliphatic heterocycles. The van der Waals surface area contributed by atoms with Crippen LogP contribution in [-0.4, -0.2) is 60.6 Å². The molecule has 0 saturated carbocycles. The van der Waals surface area contributed by atoms with Gasteiger partial charge >= 0.3 is 0 Å². The van der Waals surface area contributed by atoms with Crippen molar-refractivity contribution in [2.45, 2.75) is 53.0 Å². The van der Waals surface area contributed by atoms with Crippen molar-refractivity contribution in [1.82, 2.24) is 34.4 Å². The van der Waals surface area contributed by atoms with Gasteiger partial charge in [-0.25, -0.2) is 14.5 Å². The number of aryl methyl sites for hydroxylation is 3. The minimum Gasteiger partial charge on any atom is -0.355 e. The first-order valence-electron chi connectivity index (χ1n) is 13.1. The molecule has 0 radical (unpaired) electrons. The summed E-state index contributed by atoms with van der Waals surface area (Å²) in [5.41, 5.74) is 6.90. The molecule has 0 amide bonds. The van der Waals surface area contributed by atoms with E-state index in [-0.39, 0.29) is 0 Å². The van der Waals surface area contributed by atoms with Gasteiger partial charge in [0.05, 0.1) is 18.1 Å². The van der Waals surface area contributed by atoms with Crippen LogP contribution in [0.5, 0.6) is 0 Å². The van der Waals surface area contributed by atoms with Crippen molar-refractivity contribution in [3.8, 4) is 11.3 Å². The molecular formula is C28H34N8. The van der Waals surface area contributed by atoms with Gasteiger partial charge in [0.25, 0.3) is 5.78 Å². The predicted molar refractivity (Wildman–Crippen MR) is 141 cm³/mol. The third-order valence-electron chi connectivity index (χ3n) is 7.75. The topological polar surface area (TPSA) is 75.3 Å². The van der Waals surface area contributed by atoms with E-state index in [1.54, 1.807) is 0 Å². The molecule has 2 aliphatic rings. The molecule has 6 rings (SSSR count). The molecule has 1 unspecified atom stereocenters. The molecule has 0 spiro atoms. The van der Waals surface area contributed by atoms with E-state index in [0.717, 1.165) is 66.8 Å². The Labute approximate surface area is 212 Å². The molecule has 0 bridgehead atoms. The van der Waals surface area contributed by atoms with Gasteiger partial charge in [-0.2, -0.15) is 10.1 Å². The van der Waals surface area contributed by atoms with E-state index in [1.165, 1.54) is 37.1 Å². The molecule has 2 fully saturated rings. The Morgan fingerprint density at radius 1 is 0.917 bits per heavy atom. The van der Waals surface area contributed by atoms with Gasteiger partial charge in [-0.05, 0) is 76.6 Å². The fraction of sp³-hybridized carbons (Fsp3) is 0.464. The van der Waals surface area contributed by atoms with Crippen LogP contribution in [0, 0.1) is 26.7 Å². The van der Waals surface area contributed by atoms with Crippen LogP contribution >= 0.6 is 0 Å². The van der Waals surface area contributed by atoms with Gasteiger partial charge in [-0.1, -0.05) is 24.3 Å². The summed E-state index contributed by atoms with van der Waals surface area (Å²) in [5.74, 6) is 2.96.